The molecule has 2 aromatic rings. The Balaban J connectivity index is 1.45. The van der Waals surface area contributed by atoms with E-state index in [1.807, 2.05) is 6.92 Å². The molecule has 8 heteroatoms. The van der Waals surface area contributed by atoms with Crippen molar-refractivity contribution in [3.63, 3.8) is 0 Å². The minimum absolute atomic E-state index is 0.398. The van der Waals surface area contributed by atoms with Crippen LogP contribution in [0.2, 0.25) is 0 Å². The molecule has 0 saturated carbocycles. The smallest absolute Gasteiger partial charge is 0.223 e. The number of nitrogens with two attached hydrogens (primary N) is 1. The van der Waals surface area contributed by atoms with E-state index >= 15 is 0 Å². The highest BCUT2D eigenvalue weighted by atomic mass is 16.5. The van der Waals surface area contributed by atoms with Gasteiger partial charge in [0.2, 0.25) is 11.8 Å². The van der Waals surface area contributed by atoms with Gasteiger partial charge in [-0.25, -0.2) is 4.98 Å². The molecule has 2 aromatic heterocycles. The van der Waals surface area contributed by atoms with Crippen LogP contribution in [0.25, 0.3) is 0 Å². The quantitative estimate of drug-likeness (QED) is 0.889. The van der Waals surface area contributed by atoms with Gasteiger partial charge in [0.05, 0.1) is 12.2 Å². The van der Waals surface area contributed by atoms with Gasteiger partial charge in [-0.3, -0.25) is 4.90 Å². The number of rotatable bonds is 3. The van der Waals surface area contributed by atoms with Crippen molar-refractivity contribution in [3.8, 4) is 0 Å². The fourth-order valence-corrected chi connectivity index (χ4v) is 3.58. The summed E-state index contributed by atoms with van der Waals surface area (Å²) < 4.78 is 5.04. The number of nitrogen functional groups attached to an aromatic ring is 1. The van der Waals surface area contributed by atoms with Crippen molar-refractivity contribution in [2.45, 2.75) is 39.2 Å². The Hall–Kier alpha value is -2.22. The number of hydrogen-bond donors (Lipinski definition) is 1. The molecule has 1 aliphatic carbocycles. The molecule has 128 valence electrons. The van der Waals surface area contributed by atoms with Crippen molar-refractivity contribution in [2.24, 2.45) is 0 Å². The van der Waals surface area contributed by atoms with Crippen molar-refractivity contribution in [2.75, 3.05) is 36.8 Å². The first-order valence-electron chi connectivity index (χ1n) is 8.61. The lowest BCUT2D eigenvalue weighted by atomic mass is 9.96. The van der Waals surface area contributed by atoms with E-state index in [1.165, 1.54) is 18.4 Å². The summed E-state index contributed by atoms with van der Waals surface area (Å²) >= 11 is 0. The zero-order chi connectivity index (χ0) is 16.5. The van der Waals surface area contributed by atoms with Crippen LogP contribution in [0.3, 0.4) is 0 Å². The molecule has 0 unspecified atom stereocenters. The van der Waals surface area contributed by atoms with Crippen molar-refractivity contribution >= 4 is 11.8 Å². The van der Waals surface area contributed by atoms with Crippen molar-refractivity contribution in [1.82, 2.24) is 25.0 Å². The lowest BCUT2D eigenvalue weighted by Crippen LogP contribution is -2.47. The molecule has 3 heterocycles. The lowest BCUT2D eigenvalue weighted by Gasteiger charge is -2.36. The van der Waals surface area contributed by atoms with Gasteiger partial charge in [0, 0.05) is 38.7 Å². The molecule has 4 rings (SSSR count). The van der Waals surface area contributed by atoms with E-state index in [2.05, 4.69) is 29.9 Å². The van der Waals surface area contributed by atoms with Gasteiger partial charge < -0.3 is 15.2 Å². The topological polar surface area (TPSA) is 97.2 Å². The summed E-state index contributed by atoms with van der Waals surface area (Å²) in [5.41, 5.74) is 8.39. The Morgan fingerprint density at radius 1 is 1.04 bits per heavy atom. The van der Waals surface area contributed by atoms with E-state index in [9.17, 15) is 0 Å². The number of fused-ring (bicyclic) bond motifs is 1. The summed E-state index contributed by atoms with van der Waals surface area (Å²) in [6.07, 6.45) is 4.49. The van der Waals surface area contributed by atoms with Gasteiger partial charge in [0.15, 0.2) is 5.82 Å². The van der Waals surface area contributed by atoms with Crippen LogP contribution >= 0.6 is 0 Å². The monoisotopic (exact) mass is 329 g/mol. The molecule has 2 aliphatic rings. The molecule has 0 spiro atoms. The molecule has 1 saturated heterocycles. The highest BCUT2D eigenvalue weighted by Crippen LogP contribution is 2.29. The molecule has 2 N–H and O–H groups in total. The summed E-state index contributed by atoms with van der Waals surface area (Å²) in [5, 5.41) is 3.98. The summed E-state index contributed by atoms with van der Waals surface area (Å²) in [6, 6.07) is 0. The number of anilines is 2. The van der Waals surface area contributed by atoms with Gasteiger partial charge >= 0.3 is 0 Å². The number of hydrogen-bond acceptors (Lipinski definition) is 8. The molecule has 0 atom stereocenters. The Kier molecular flexibility index (Phi) is 4.05. The van der Waals surface area contributed by atoms with Gasteiger partial charge in [-0.2, -0.15) is 9.97 Å². The maximum absolute atomic E-state index is 5.93. The largest absolute Gasteiger partial charge is 0.368 e. The predicted octanol–water partition coefficient (Wildman–Crippen LogP) is 0.951. The maximum atomic E-state index is 5.93. The van der Waals surface area contributed by atoms with Gasteiger partial charge in [-0.1, -0.05) is 5.16 Å². The molecular weight excluding hydrogens is 306 g/mol. The van der Waals surface area contributed by atoms with Crippen molar-refractivity contribution in [3.05, 3.63) is 23.0 Å². The van der Waals surface area contributed by atoms with E-state index in [4.69, 9.17) is 10.3 Å². The average Bonchev–Trinajstić information content (AvgIpc) is 3.00. The summed E-state index contributed by atoms with van der Waals surface area (Å²) in [4.78, 5) is 18.0. The fourth-order valence-electron chi connectivity index (χ4n) is 3.58. The summed E-state index contributed by atoms with van der Waals surface area (Å²) in [5.74, 6) is 2.82. The Morgan fingerprint density at radius 3 is 2.58 bits per heavy atom. The van der Waals surface area contributed by atoms with Gasteiger partial charge in [-0.05, 0) is 25.7 Å². The Bertz CT molecular complexity index is 721. The second kappa shape index (κ2) is 6.35. The summed E-state index contributed by atoms with van der Waals surface area (Å²) in [7, 11) is 0. The minimum atomic E-state index is 0.398. The van der Waals surface area contributed by atoms with Crippen LogP contribution in [0.1, 0.15) is 35.8 Å². The molecular formula is C16H23N7O. The van der Waals surface area contributed by atoms with Crippen LogP contribution in [0.4, 0.5) is 11.8 Å². The third-order valence-electron chi connectivity index (χ3n) is 4.79. The second-order valence-corrected chi connectivity index (χ2v) is 6.53. The number of nitrogens with zero attached hydrogens (tertiary/aromatic N) is 6. The molecule has 1 fully saturated rings. The third-order valence-corrected chi connectivity index (χ3v) is 4.79. The molecule has 0 amide bonds. The third kappa shape index (κ3) is 3.06. The van der Waals surface area contributed by atoms with Crippen LogP contribution in [0, 0.1) is 6.92 Å². The molecule has 0 aromatic carbocycles. The zero-order valence-corrected chi connectivity index (χ0v) is 14.0. The first kappa shape index (κ1) is 15.3. The Morgan fingerprint density at radius 2 is 1.83 bits per heavy atom. The molecule has 24 heavy (non-hydrogen) atoms. The normalized spacial score (nSPS) is 18.6. The number of aryl methyl sites for hydroxylation is 2. The van der Waals surface area contributed by atoms with E-state index in [1.54, 1.807) is 0 Å². The predicted molar refractivity (Wildman–Crippen MR) is 89.6 cm³/mol. The first-order valence-corrected chi connectivity index (χ1v) is 8.61. The maximum Gasteiger partial charge on any atom is 0.223 e. The van der Waals surface area contributed by atoms with Crippen LogP contribution in [0.15, 0.2) is 4.52 Å². The Labute approximate surface area is 141 Å². The standard InChI is InChI=1S/C16H23N7O/c1-11-18-14(21-24-11)10-22-6-8-23(9-7-22)15-12-4-2-3-5-13(12)19-16(17)20-15/h2-10H2,1H3,(H2,17,19,20). The van der Waals surface area contributed by atoms with Crippen molar-refractivity contribution in [1.29, 1.82) is 0 Å². The van der Waals surface area contributed by atoms with Crippen LogP contribution in [-0.2, 0) is 19.4 Å². The fraction of sp³-hybridized carbons (Fsp3) is 0.625. The van der Waals surface area contributed by atoms with Crippen LogP contribution in [-0.4, -0.2) is 51.2 Å². The molecule has 0 radical (unpaired) electrons. The number of aromatic nitrogens is 4. The highest BCUT2D eigenvalue weighted by molar-refractivity contribution is 5.53. The molecule has 0 bridgehead atoms. The first-order chi connectivity index (χ1) is 11.7. The van der Waals surface area contributed by atoms with Crippen molar-refractivity contribution < 1.29 is 4.52 Å². The minimum Gasteiger partial charge on any atom is -0.368 e. The SMILES string of the molecule is Cc1nc(CN2CCN(c3nc(N)nc4c3CCCC4)CC2)no1. The number of piperazine rings is 1. The van der Waals surface area contributed by atoms with Crippen LogP contribution in [0.5, 0.6) is 0 Å². The van der Waals surface area contributed by atoms with Gasteiger partial charge in [-0.15, -0.1) is 0 Å². The molecule has 8 nitrogen and oxygen atoms in total. The molecule has 1 aliphatic heterocycles. The van der Waals surface area contributed by atoms with Gasteiger partial charge in [0.25, 0.3) is 0 Å². The van der Waals surface area contributed by atoms with E-state index in [0.717, 1.165) is 62.9 Å². The summed E-state index contributed by atoms with van der Waals surface area (Å²) in [6.45, 7) is 6.31. The lowest BCUT2D eigenvalue weighted by molar-refractivity contribution is 0.239. The van der Waals surface area contributed by atoms with E-state index in [-0.39, 0.29) is 0 Å². The highest BCUT2D eigenvalue weighted by Gasteiger charge is 2.25. The van der Waals surface area contributed by atoms with E-state index < -0.39 is 0 Å². The second-order valence-electron chi connectivity index (χ2n) is 6.53. The average molecular weight is 329 g/mol. The van der Waals surface area contributed by atoms with Gasteiger partial charge in [0.1, 0.15) is 5.82 Å². The zero-order valence-electron chi connectivity index (χ0n) is 14.0. The van der Waals surface area contributed by atoms with E-state index in [0.29, 0.717) is 11.8 Å². The van der Waals surface area contributed by atoms with Crippen LogP contribution < -0.4 is 10.6 Å².